The Morgan fingerprint density at radius 3 is 2.27 bits per heavy atom. The first-order valence-electron chi connectivity index (χ1n) is 10.6. The maximum absolute atomic E-state index is 13.4. The zero-order chi connectivity index (χ0) is 24.0. The predicted molar refractivity (Wildman–Crippen MR) is 127 cm³/mol. The van der Waals surface area contributed by atoms with Crippen LogP contribution in [0.1, 0.15) is 29.7 Å². The predicted octanol–water partition coefficient (Wildman–Crippen LogP) is 3.95. The molecule has 9 heteroatoms. The highest BCUT2D eigenvalue weighted by atomic mass is 32.2. The SMILES string of the molecule is Cc1ccc(N(CCC(=O)Nc2cc(C)nn2CCC#N)S(=O)(=O)c2ccc(C)cc2)cc1. The van der Waals surface area contributed by atoms with E-state index in [9.17, 15) is 13.2 Å². The minimum atomic E-state index is -3.87. The van der Waals surface area contributed by atoms with Crippen LogP contribution in [0.15, 0.2) is 59.5 Å². The van der Waals surface area contributed by atoms with Gasteiger partial charge in [0, 0.05) is 19.0 Å². The number of carbonyl (C=O) groups is 1. The van der Waals surface area contributed by atoms with Crippen molar-refractivity contribution in [3.8, 4) is 6.07 Å². The Bertz CT molecular complexity index is 1260. The zero-order valence-electron chi connectivity index (χ0n) is 18.9. The Hall–Kier alpha value is -3.64. The fraction of sp³-hybridized carbons (Fsp3) is 0.292. The lowest BCUT2D eigenvalue weighted by molar-refractivity contribution is -0.116. The van der Waals surface area contributed by atoms with Crippen LogP contribution in [0.2, 0.25) is 0 Å². The first-order chi connectivity index (χ1) is 15.7. The van der Waals surface area contributed by atoms with E-state index in [4.69, 9.17) is 5.26 Å². The van der Waals surface area contributed by atoms with E-state index < -0.39 is 10.0 Å². The third kappa shape index (κ3) is 5.99. The van der Waals surface area contributed by atoms with E-state index in [0.29, 0.717) is 23.7 Å². The Balaban J connectivity index is 1.81. The van der Waals surface area contributed by atoms with E-state index in [2.05, 4.69) is 16.5 Å². The minimum Gasteiger partial charge on any atom is -0.311 e. The average molecular weight is 466 g/mol. The summed E-state index contributed by atoms with van der Waals surface area (Å²) in [5.41, 5.74) is 3.17. The molecule has 0 saturated heterocycles. The van der Waals surface area contributed by atoms with Crippen molar-refractivity contribution < 1.29 is 13.2 Å². The Kier molecular flexibility index (Phi) is 7.51. The number of rotatable bonds is 9. The van der Waals surface area contributed by atoms with Crippen LogP contribution in [-0.4, -0.2) is 30.7 Å². The van der Waals surface area contributed by atoms with Gasteiger partial charge in [0.1, 0.15) is 5.82 Å². The van der Waals surface area contributed by atoms with Crippen LogP contribution in [0.5, 0.6) is 0 Å². The number of amides is 1. The van der Waals surface area contributed by atoms with Crippen LogP contribution < -0.4 is 9.62 Å². The highest BCUT2D eigenvalue weighted by molar-refractivity contribution is 7.92. The number of hydrogen-bond acceptors (Lipinski definition) is 5. The molecular formula is C24H27N5O3S. The highest BCUT2D eigenvalue weighted by Crippen LogP contribution is 2.25. The third-order valence-corrected chi connectivity index (χ3v) is 6.92. The summed E-state index contributed by atoms with van der Waals surface area (Å²) in [4.78, 5) is 12.9. The lowest BCUT2D eigenvalue weighted by Gasteiger charge is -2.24. The van der Waals surface area contributed by atoms with Crippen molar-refractivity contribution in [2.75, 3.05) is 16.2 Å². The molecule has 8 nitrogen and oxygen atoms in total. The van der Waals surface area contributed by atoms with E-state index in [0.717, 1.165) is 11.1 Å². The van der Waals surface area contributed by atoms with Gasteiger partial charge in [0.2, 0.25) is 5.91 Å². The van der Waals surface area contributed by atoms with Crippen molar-refractivity contribution >= 4 is 27.4 Å². The molecule has 0 fully saturated rings. The second-order valence-corrected chi connectivity index (χ2v) is 9.69. The first-order valence-corrected chi connectivity index (χ1v) is 12.0. The van der Waals surface area contributed by atoms with Crippen LogP contribution in [0.25, 0.3) is 0 Å². The number of sulfonamides is 1. The Morgan fingerprint density at radius 2 is 1.67 bits per heavy atom. The summed E-state index contributed by atoms with van der Waals surface area (Å²) in [6.07, 6.45) is 0.210. The van der Waals surface area contributed by atoms with Crippen molar-refractivity contribution in [2.24, 2.45) is 0 Å². The number of hydrogen-bond donors (Lipinski definition) is 1. The monoisotopic (exact) mass is 465 g/mol. The molecule has 0 saturated carbocycles. The van der Waals surface area contributed by atoms with Crippen LogP contribution in [0.3, 0.4) is 0 Å². The van der Waals surface area contributed by atoms with E-state index in [1.165, 1.54) is 4.31 Å². The molecule has 1 heterocycles. The van der Waals surface area contributed by atoms with Gasteiger partial charge < -0.3 is 5.32 Å². The van der Waals surface area contributed by atoms with Crippen LogP contribution >= 0.6 is 0 Å². The number of aromatic nitrogens is 2. The molecule has 0 radical (unpaired) electrons. The molecular weight excluding hydrogens is 438 g/mol. The van der Waals surface area contributed by atoms with Gasteiger partial charge in [-0.1, -0.05) is 35.4 Å². The molecule has 0 spiro atoms. The van der Waals surface area contributed by atoms with Gasteiger partial charge in [0.25, 0.3) is 10.0 Å². The van der Waals surface area contributed by atoms with Gasteiger partial charge >= 0.3 is 0 Å². The number of benzene rings is 2. The maximum atomic E-state index is 13.4. The molecule has 0 aliphatic heterocycles. The first kappa shape index (κ1) is 24.0. The number of nitrogens with zero attached hydrogens (tertiary/aromatic N) is 4. The number of aryl methyl sites for hydroxylation is 4. The number of anilines is 2. The zero-order valence-corrected chi connectivity index (χ0v) is 19.8. The van der Waals surface area contributed by atoms with Gasteiger partial charge in [-0.3, -0.25) is 9.10 Å². The molecule has 0 aliphatic carbocycles. The topological polar surface area (TPSA) is 108 Å². The fourth-order valence-electron chi connectivity index (χ4n) is 3.32. The lowest BCUT2D eigenvalue weighted by atomic mass is 10.2. The van der Waals surface area contributed by atoms with Gasteiger partial charge in [-0.05, 0) is 45.0 Å². The van der Waals surface area contributed by atoms with Crippen LogP contribution in [-0.2, 0) is 21.4 Å². The van der Waals surface area contributed by atoms with Gasteiger partial charge in [-0.25, -0.2) is 13.1 Å². The van der Waals surface area contributed by atoms with Crippen molar-refractivity contribution in [2.45, 2.75) is 45.1 Å². The number of nitrogens with one attached hydrogen (secondary N) is 1. The summed E-state index contributed by atoms with van der Waals surface area (Å²) in [6, 6.07) is 17.6. The Morgan fingerprint density at radius 1 is 1.06 bits per heavy atom. The summed E-state index contributed by atoms with van der Waals surface area (Å²) in [5, 5.41) is 15.9. The molecule has 0 bridgehead atoms. The molecule has 1 aromatic heterocycles. The van der Waals surface area contributed by atoms with Crippen LogP contribution in [0, 0.1) is 32.1 Å². The summed E-state index contributed by atoms with van der Waals surface area (Å²) < 4.78 is 29.7. The fourth-order valence-corrected chi connectivity index (χ4v) is 4.78. The molecule has 3 rings (SSSR count). The van der Waals surface area contributed by atoms with Gasteiger partial charge in [0.05, 0.1) is 35.3 Å². The second kappa shape index (κ2) is 10.3. The molecule has 0 aliphatic rings. The standard InChI is InChI=1S/C24H27N5O3S/c1-18-5-9-21(10-6-18)29(33(31,32)22-11-7-19(2)8-12-22)16-13-24(30)26-23-17-20(3)27-28(23)15-4-14-25/h5-12,17H,4,13,15-16H2,1-3H3,(H,26,30). The molecule has 2 aromatic carbocycles. The van der Waals surface area contributed by atoms with Crippen molar-refractivity contribution in [3.05, 3.63) is 71.4 Å². The summed E-state index contributed by atoms with van der Waals surface area (Å²) in [6.45, 7) is 5.94. The Labute approximate surface area is 194 Å². The van der Waals surface area contributed by atoms with Gasteiger partial charge in [-0.15, -0.1) is 0 Å². The highest BCUT2D eigenvalue weighted by Gasteiger charge is 2.25. The molecule has 0 atom stereocenters. The average Bonchev–Trinajstić information content (AvgIpc) is 3.12. The third-order valence-electron chi connectivity index (χ3n) is 5.08. The normalized spacial score (nSPS) is 11.1. The van der Waals surface area contributed by atoms with E-state index in [1.807, 2.05) is 26.0 Å². The molecule has 172 valence electrons. The largest absolute Gasteiger partial charge is 0.311 e. The number of nitriles is 1. The molecule has 33 heavy (non-hydrogen) atoms. The smallest absolute Gasteiger partial charge is 0.264 e. The summed E-state index contributed by atoms with van der Waals surface area (Å²) in [5.74, 6) is 0.139. The van der Waals surface area contributed by atoms with E-state index in [1.54, 1.807) is 54.1 Å². The van der Waals surface area contributed by atoms with E-state index in [-0.39, 0.29) is 30.2 Å². The molecule has 3 aromatic rings. The summed E-state index contributed by atoms with van der Waals surface area (Å²) >= 11 is 0. The van der Waals surface area contributed by atoms with Gasteiger partial charge in [0.15, 0.2) is 0 Å². The minimum absolute atomic E-state index is 0.0313. The van der Waals surface area contributed by atoms with Crippen molar-refractivity contribution in [1.82, 2.24) is 9.78 Å². The molecule has 1 amide bonds. The quantitative estimate of drug-likeness (QED) is 0.515. The van der Waals surface area contributed by atoms with E-state index >= 15 is 0 Å². The second-order valence-electron chi connectivity index (χ2n) is 7.83. The summed E-state index contributed by atoms with van der Waals surface area (Å²) in [7, 11) is -3.87. The lowest BCUT2D eigenvalue weighted by Crippen LogP contribution is -2.34. The maximum Gasteiger partial charge on any atom is 0.264 e. The van der Waals surface area contributed by atoms with Crippen molar-refractivity contribution in [3.63, 3.8) is 0 Å². The van der Waals surface area contributed by atoms with Gasteiger partial charge in [-0.2, -0.15) is 10.4 Å². The van der Waals surface area contributed by atoms with Crippen molar-refractivity contribution in [1.29, 1.82) is 5.26 Å². The van der Waals surface area contributed by atoms with Crippen LogP contribution in [0.4, 0.5) is 11.5 Å². The molecule has 1 N–H and O–H groups in total. The number of carbonyl (C=O) groups excluding carboxylic acids is 1. The molecule has 0 unspecified atom stereocenters.